The number of nitrogens with one attached hydrogen (secondary N) is 1. The zero-order valence-electron chi connectivity index (χ0n) is 11.8. The molecule has 0 atom stereocenters. The molecule has 2 N–H and O–H groups in total. The first kappa shape index (κ1) is 15.2. The van der Waals surface area contributed by atoms with Crippen molar-refractivity contribution < 1.29 is 14.7 Å². The Hall–Kier alpha value is -2.21. The Morgan fingerprint density at radius 1 is 1.43 bits per heavy atom. The fraction of sp³-hybridized carbons (Fsp3) is 0.267. The van der Waals surface area contributed by atoms with Crippen molar-refractivity contribution in [2.45, 2.75) is 26.7 Å². The number of aromatic carboxylic acids is 1. The van der Waals surface area contributed by atoms with E-state index in [0.717, 1.165) is 23.3 Å². The molecule has 0 aliphatic rings. The summed E-state index contributed by atoms with van der Waals surface area (Å²) in [5.74, 6) is -1.38. The molecule has 0 aliphatic heterocycles. The highest BCUT2D eigenvalue weighted by Gasteiger charge is 2.16. The lowest BCUT2D eigenvalue weighted by molar-refractivity contribution is 0.0697. The van der Waals surface area contributed by atoms with Gasteiger partial charge in [0, 0.05) is 11.1 Å². The minimum absolute atomic E-state index is 0.0205. The number of hydrogen-bond acceptors (Lipinski definition) is 4. The molecular formula is C15H16N2O3S. The Morgan fingerprint density at radius 3 is 2.86 bits per heavy atom. The average molecular weight is 304 g/mol. The number of aryl methyl sites for hydroxylation is 2. The molecule has 2 heterocycles. The summed E-state index contributed by atoms with van der Waals surface area (Å²) < 4.78 is 0. The first-order valence-corrected chi connectivity index (χ1v) is 7.43. The van der Waals surface area contributed by atoms with Crippen molar-refractivity contribution in [3.05, 3.63) is 45.3 Å². The predicted octanol–water partition coefficient (Wildman–Crippen LogP) is 3.35. The number of carboxylic acids is 1. The Balaban J connectivity index is 2.22. The molecule has 5 nitrogen and oxygen atoms in total. The molecule has 110 valence electrons. The van der Waals surface area contributed by atoms with Crippen LogP contribution in [0.4, 0.5) is 5.82 Å². The normalized spacial score (nSPS) is 10.4. The molecule has 0 saturated heterocycles. The number of rotatable bonds is 5. The van der Waals surface area contributed by atoms with E-state index in [1.807, 2.05) is 13.0 Å². The van der Waals surface area contributed by atoms with Crippen LogP contribution in [0, 0.1) is 6.92 Å². The smallest absolute Gasteiger partial charge is 0.339 e. The van der Waals surface area contributed by atoms with Crippen molar-refractivity contribution >= 4 is 29.0 Å². The molecule has 1 amide bonds. The molecule has 0 bridgehead atoms. The zero-order valence-corrected chi connectivity index (χ0v) is 12.7. The Bertz CT molecular complexity index is 679. The van der Waals surface area contributed by atoms with Crippen LogP contribution in [0.2, 0.25) is 0 Å². The topological polar surface area (TPSA) is 79.3 Å². The second-order valence-electron chi connectivity index (χ2n) is 4.60. The second kappa shape index (κ2) is 6.49. The van der Waals surface area contributed by atoms with Gasteiger partial charge in [-0.3, -0.25) is 4.79 Å². The van der Waals surface area contributed by atoms with E-state index in [0.29, 0.717) is 4.88 Å². The molecule has 0 radical (unpaired) electrons. The van der Waals surface area contributed by atoms with Crippen molar-refractivity contribution in [1.29, 1.82) is 0 Å². The van der Waals surface area contributed by atoms with Gasteiger partial charge in [0.25, 0.3) is 5.91 Å². The van der Waals surface area contributed by atoms with Gasteiger partial charge in [0.1, 0.15) is 11.4 Å². The third-order valence-corrected chi connectivity index (χ3v) is 4.13. The van der Waals surface area contributed by atoms with Crippen LogP contribution in [0.25, 0.3) is 0 Å². The van der Waals surface area contributed by atoms with Gasteiger partial charge in [-0.2, -0.15) is 0 Å². The van der Waals surface area contributed by atoms with Gasteiger partial charge in [0.2, 0.25) is 0 Å². The van der Waals surface area contributed by atoms with Crippen LogP contribution < -0.4 is 5.32 Å². The SMILES string of the molecule is CCCc1cc(C(=O)Nc2ncccc2C(=O)O)sc1C. The summed E-state index contributed by atoms with van der Waals surface area (Å²) in [6, 6.07) is 4.79. The number of thiophene rings is 1. The van der Waals surface area contributed by atoms with E-state index >= 15 is 0 Å². The monoisotopic (exact) mass is 304 g/mol. The molecule has 2 aromatic rings. The molecule has 0 spiro atoms. The maximum Gasteiger partial charge on any atom is 0.339 e. The number of carbonyl (C=O) groups excluding carboxylic acids is 1. The van der Waals surface area contributed by atoms with Crippen LogP contribution in [-0.2, 0) is 6.42 Å². The third kappa shape index (κ3) is 3.46. The van der Waals surface area contributed by atoms with Gasteiger partial charge >= 0.3 is 5.97 Å². The van der Waals surface area contributed by atoms with Gasteiger partial charge in [-0.05, 0) is 37.1 Å². The van der Waals surface area contributed by atoms with Gasteiger partial charge in [0.05, 0.1) is 4.88 Å². The van der Waals surface area contributed by atoms with E-state index < -0.39 is 5.97 Å². The van der Waals surface area contributed by atoms with E-state index in [9.17, 15) is 9.59 Å². The van der Waals surface area contributed by atoms with Crippen LogP contribution in [0.15, 0.2) is 24.4 Å². The fourth-order valence-corrected chi connectivity index (χ4v) is 2.96. The van der Waals surface area contributed by atoms with Crippen molar-refractivity contribution in [3.63, 3.8) is 0 Å². The van der Waals surface area contributed by atoms with E-state index in [2.05, 4.69) is 17.2 Å². The predicted molar refractivity (Wildman–Crippen MR) is 82.2 cm³/mol. The van der Waals surface area contributed by atoms with E-state index in [4.69, 9.17) is 5.11 Å². The van der Waals surface area contributed by atoms with E-state index in [1.165, 1.54) is 29.7 Å². The van der Waals surface area contributed by atoms with Gasteiger partial charge in [-0.1, -0.05) is 13.3 Å². The lowest BCUT2D eigenvalue weighted by atomic mass is 10.1. The minimum atomic E-state index is -1.12. The van der Waals surface area contributed by atoms with E-state index in [1.54, 1.807) is 0 Å². The summed E-state index contributed by atoms with van der Waals surface area (Å²) >= 11 is 1.41. The molecule has 2 rings (SSSR count). The molecular weight excluding hydrogens is 288 g/mol. The molecule has 21 heavy (non-hydrogen) atoms. The lowest BCUT2D eigenvalue weighted by Gasteiger charge is -2.05. The highest BCUT2D eigenvalue weighted by Crippen LogP contribution is 2.24. The van der Waals surface area contributed by atoms with Crippen LogP contribution in [0.5, 0.6) is 0 Å². The number of pyridine rings is 1. The maximum atomic E-state index is 12.2. The van der Waals surface area contributed by atoms with Crippen molar-refractivity contribution in [2.24, 2.45) is 0 Å². The average Bonchev–Trinajstić information content (AvgIpc) is 2.81. The molecule has 0 unspecified atom stereocenters. The Kier molecular flexibility index (Phi) is 4.70. The quantitative estimate of drug-likeness (QED) is 0.887. The number of anilines is 1. The second-order valence-corrected chi connectivity index (χ2v) is 5.86. The van der Waals surface area contributed by atoms with Crippen LogP contribution in [-0.4, -0.2) is 22.0 Å². The van der Waals surface area contributed by atoms with Crippen LogP contribution in [0.1, 0.15) is 43.8 Å². The number of carboxylic acid groups (broad SMARTS) is 1. The molecule has 6 heteroatoms. The Labute approximate surface area is 126 Å². The number of aromatic nitrogens is 1. The van der Waals surface area contributed by atoms with Crippen LogP contribution >= 0.6 is 11.3 Å². The first-order valence-electron chi connectivity index (χ1n) is 6.62. The van der Waals surface area contributed by atoms with Crippen LogP contribution in [0.3, 0.4) is 0 Å². The van der Waals surface area contributed by atoms with E-state index in [-0.39, 0.29) is 17.3 Å². The van der Waals surface area contributed by atoms with Gasteiger partial charge in [-0.25, -0.2) is 9.78 Å². The standard InChI is InChI=1S/C15H16N2O3S/c1-3-5-10-8-12(21-9(10)2)14(18)17-13-11(15(19)20)6-4-7-16-13/h4,6-8H,3,5H2,1-2H3,(H,19,20)(H,16,17,18). The zero-order chi connectivity index (χ0) is 15.4. The molecule has 0 aliphatic carbocycles. The van der Waals surface area contributed by atoms with Crippen molar-refractivity contribution in [2.75, 3.05) is 5.32 Å². The van der Waals surface area contributed by atoms with Crippen molar-refractivity contribution in [1.82, 2.24) is 4.98 Å². The van der Waals surface area contributed by atoms with Crippen molar-refractivity contribution in [3.8, 4) is 0 Å². The number of carbonyl (C=O) groups is 2. The minimum Gasteiger partial charge on any atom is -0.478 e. The highest BCUT2D eigenvalue weighted by atomic mass is 32.1. The third-order valence-electron chi connectivity index (χ3n) is 3.03. The molecule has 2 aromatic heterocycles. The Morgan fingerprint density at radius 2 is 2.19 bits per heavy atom. The molecule has 0 fully saturated rings. The maximum absolute atomic E-state index is 12.2. The summed E-state index contributed by atoms with van der Waals surface area (Å²) in [6.45, 7) is 4.07. The molecule has 0 saturated carbocycles. The number of hydrogen-bond donors (Lipinski definition) is 2. The lowest BCUT2D eigenvalue weighted by Crippen LogP contribution is -2.14. The first-order chi connectivity index (χ1) is 10.0. The summed E-state index contributed by atoms with van der Waals surface area (Å²) in [5.41, 5.74) is 1.14. The largest absolute Gasteiger partial charge is 0.478 e. The van der Waals surface area contributed by atoms with Gasteiger partial charge < -0.3 is 10.4 Å². The number of amides is 1. The summed E-state index contributed by atoms with van der Waals surface area (Å²) in [7, 11) is 0. The van der Waals surface area contributed by atoms with Gasteiger partial charge in [0.15, 0.2) is 0 Å². The highest BCUT2D eigenvalue weighted by molar-refractivity contribution is 7.14. The van der Waals surface area contributed by atoms with Gasteiger partial charge in [-0.15, -0.1) is 11.3 Å². The molecule has 0 aromatic carbocycles. The number of nitrogens with zero attached hydrogens (tertiary/aromatic N) is 1. The summed E-state index contributed by atoms with van der Waals surface area (Å²) in [5, 5.41) is 11.6. The summed E-state index contributed by atoms with van der Waals surface area (Å²) in [6.07, 6.45) is 3.39. The fourth-order valence-electron chi connectivity index (χ4n) is 2.00. The summed E-state index contributed by atoms with van der Waals surface area (Å²) in [4.78, 5) is 28.9.